The monoisotopic (exact) mass is 448 g/mol. The van der Waals surface area contributed by atoms with Crippen LogP contribution in [0.4, 0.5) is 5.69 Å². The molecule has 1 aliphatic heterocycles. The molecule has 1 atom stereocenters. The van der Waals surface area contributed by atoms with Crippen LogP contribution in [-0.4, -0.2) is 17.3 Å². The normalized spacial score (nSPS) is 17.8. The van der Waals surface area contributed by atoms with Crippen molar-refractivity contribution in [2.45, 2.75) is 25.5 Å². The largest absolute Gasteiger partial charge is 0.376 e. The van der Waals surface area contributed by atoms with Crippen molar-refractivity contribution in [1.29, 1.82) is 0 Å². The summed E-state index contributed by atoms with van der Waals surface area (Å²) in [5.74, 6) is 0. The third-order valence-corrected chi connectivity index (χ3v) is 6.01. The van der Waals surface area contributed by atoms with E-state index in [1.54, 1.807) is 11.3 Å². The number of ether oxygens (including phenoxy) is 1. The average molecular weight is 450 g/mol. The molecular weight excluding hydrogens is 432 g/mol. The SMILES string of the molecule is Clc1cccc(N=c2scc(-c3ccc(Br)cc3)n2CC2CCCO2)c1. The lowest BCUT2D eigenvalue weighted by Crippen LogP contribution is -2.24. The second kappa shape index (κ2) is 8.09. The van der Waals surface area contributed by atoms with Crippen molar-refractivity contribution in [3.63, 3.8) is 0 Å². The zero-order valence-electron chi connectivity index (χ0n) is 14.1. The van der Waals surface area contributed by atoms with Crippen LogP contribution in [0.5, 0.6) is 0 Å². The molecule has 0 amide bonds. The highest BCUT2D eigenvalue weighted by atomic mass is 79.9. The Hall–Kier alpha value is -1.40. The van der Waals surface area contributed by atoms with Crippen molar-refractivity contribution < 1.29 is 4.74 Å². The number of thiazole rings is 1. The van der Waals surface area contributed by atoms with Gasteiger partial charge in [-0.1, -0.05) is 45.7 Å². The summed E-state index contributed by atoms with van der Waals surface area (Å²) in [4.78, 5) is 5.80. The molecule has 0 N–H and O–H groups in total. The van der Waals surface area contributed by atoms with Gasteiger partial charge in [-0.25, -0.2) is 4.99 Å². The number of hydrogen-bond donors (Lipinski definition) is 0. The molecule has 1 unspecified atom stereocenters. The topological polar surface area (TPSA) is 26.5 Å². The highest BCUT2D eigenvalue weighted by molar-refractivity contribution is 9.10. The number of rotatable bonds is 4. The van der Waals surface area contributed by atoms with Crippen LogP contribution in [-0.2, 0) is 11.3 Å². The van der Waals surface area contributed by atoms with Crippen LogP contribution < -0.4 is 4.80 Å². The number of aromatic nitrogens is 1. The number of nitrogens with zero attached hydrogens (tertiary/aromatic N) is 2. The van der Waals surface area contributed by atoms with E-state index in [0.29, 0.717) is 5.02 Å². The first-order valence-corrected chi connectivity index (χ1v) is 10.6. The Morgan fingerprint density at radius 3 is 2.81 bits per heavy atom. The quantitative estimate of drug-likeness (QED) is 0.476. The molecule has 0 aliphatic carbocycles. The number of hydrogen-bond acceptors (Lipinski definition) is 3. The Morgan fingerprint density at radius 2 is 2.08 bits per heavy atom. The van der Waals surface area contributed by atoms with Crippen molar-refractivity contribution >= 4 is 44.6 Å². The molecule has 3 nitrogen and oxygen atoms in total. The lowest BCUT2D eigenvalue weighted by molar-refractivity contribution is 0.0968. The van der Waals surface area contributed by atoms with E-state index < -0.39 is 0 Å². The first-order chi connectivity index (χ1) is 12.7. The molecule has 2 aromatic carbocycles. The van der Waals surface area contributed by atoms with Gasteiger partial charge in [0.1, 0.15) is 0 Å². The molecule has 1 saturated heterocycles. The van der Waals surface area contributed by atoms with E-state index in [2.05, 4.69) is 50.1 Å². The molecule has 134 valence electrons. The van der Waals surface area contributed by atoms with Gasteiger partial charge < -0.3 is 9.30 Å². The maximum Gasteiger partial charge on any atom is 0.190 e. The summed E-state index contributed by atoms with van der Waals surface area (Å²) < 4.78 is 9.22. The minimum Gasteiger partial charge on any atom is -0.376 e. The molecular formula is C20H18BrClN2OS. The summed E-state index contributed by atoms with van der Waals surface area (Å²) >= 11 is 11.3. The first kappa shape index (κ1) is 18.0. The predicted octanol–water partition coefficient (Wildman–Crippen LogP) is 6.04. The van der Waals surface area contributed by atoms with Crippen molar-refractivity contribution in [2.75, 3.05) is 6.61 Å². The molecule has 0 saturated carbocycles. The zero-order valence-corrected chi connectivity index (χ0v) is 17.2. The standard InChI is InChI=1S/C20H18BrClN2OS/c21-15-8-6-14(7-9-15)19-13-26-20(23-17-4-1-3-16(22)11-17)24(19)12-18-5-2-10-25-18/h1,3-4,6-9,11,13,18H,2,5,10,12H2. The molecule has 26 heavy (non-hydrogen) atoms. The van der Waals surface area contributed by atoms with Crippen molar-refractivity contribution in [3.05, 3.63) is 68.2 Å². The van der Waals surface area contributed by atoms with Gasteiger partial charge in [0.25, 0.3) is 0 Å². The van der Waals surface area contributed by atoms with Gasteiger partial charge in [-0.2, -0.15) is 0 Å². The van der Waals surface area contributed by atoms with Crippen LogP contribution in [0.25, 0.3) is 11.3 Å². The molecule has 2 heterocycles. The summed E-state index contributed by atoms with van der Waals surface area (Å²) in [6.07, 6.45) is 2.47. The maximum atomic E-state index is 6.12. The van der Waals surface area contributed by atoms with Gasteiger partial charge >= 0.3 is 0 Å². The molecule has 1 aliphatic rings. The van der Waals surface area contributed by atoms with Crippen LogP contribution in [0.3, 0.4) is 0 Å². The van der Waals surface area contributed by atoms with Gasteiger partial charge in [0.15, 0.2) is 4.80 Å². The van der Waals surface area contributed by atoms with Crippen molar-refractivity contribution in [2.24, 2.45) is 4.99 Å². The minimum absolute atomic E-state index is 0.247. The van der Waals surface area contributed by atoms with Crippen LogP contribution in [0.2, 0.25) is 5.02 Å². The zero-order chi connectivity index (χ0) is 17.9. The smallest absolute Gasteiger partial charge is 0.190 e. The predicted molar refractivity (Wildman–Crippen MR) is 111 cm³/mol. The van der Waals surface area contributed by atoms with Crippen LogP contribution in [0, 0.1) is 0 Å². The summed E-state index contributed by atoms with van der Waals surface area (Å²) in [7, 11) is 0. The van der Waals surface area contributed by atoms with E-state index in [1.807, 2.05) is 24.3 Å². The molecule has 1 aromatic heterocycles. The number of halogens is 2. The second-order valence-electron chi connectivity index (χ2n) is 6.25. The maximum absolute atomic E-state index is 6.12. The Balaban J connectivity index is 1.79. The van der Waals surface area contributed by atoms with E-state index in [1.165, 1.54) is 11.3 Å². The van der Waals surface area contributed by atoms with Crippen molar-refractivity contribution in [1.82, 2.24) is 4.57 Å². The Kier molecular flexibility index (Phi) is 5.60. The Bertz CT molecular complexity index is 958. The minimum atomic E-state index is 0.247. The molecule has 1 fully saturated rings. The molecule has 0 radical (unpaired) electrons. The molecule has 0 bridgehead atoms. The molecule has 4 rings (SSSR count). The lowest BCUT2D eigenvalue weighted by atomic mass is 10.1. The van der Waals surface area contributed by atoms with E-state index in [-0.39, 0.29) is 6.10 Å². The Labute approximate surface area is 170 Å². The van der Waals surface area contributed by atoms with Crippen LogP contribution in [0.15, 0.2) is 63.4 Å². The average Bonchev–Trinajstić information content (AvgIpc) is 3.27. The fourth-order valence-electron chi connectivity index (χ4n) is 3.09. The van der Waals surface area contributed by atoms with Gasteiger partial charge in [-0.3, -0.25) is 0 Å². The molecule has 6 heteroatoms. The van der Waals surface area contributed by atoms with Gasteiger partial charge in [0.05, 0.1) is 24.0 Å². The van der Waals surface area contributed by atoms with E-state index in [4.69, 9.17) is 21.3 Å². The summed E-state index contributed by atoms with van der Waals surface area (Å²) in [6.45, 7) is 1.66. The van der Waals surface area contributed by atoms with E-state index in [0.717, 1.165) is 41.0 Å². The summed E-state index contributed by atoms with van der Waals surface area (Å²) in [5, 5.41) is 2.86. The highest BCUT2D eigenvalue weighted by Gasteiger charge is 2.19. The number of benzene rings is 2. The van der Waals surface area contributed by atoms with E-state index >= 15 is 0 Å². The molecule has 3 aromatic rings. The first-order valence-electron chi connectivity index (χ1n) is 8.55. The molecule has 0 spiro atoms. The third-order valence-electron chi connectivity index (χ3n) is 4.38. The van der Waals surface area contributed by atoms with Gasteiger partial charge in [-0.05, 0) is 48.7 Å². The fourth-order valence-corrected chi connectivity index (χ4v) is 4.48. The van der Waals surface area contributed by atoms with Gasteiger partial charge in [0.2, 0.25) is 0 Å². The van der Waals surface area contributed by atoms with E-state index in [9.17, 15) is 0 Å². The third kappa shape index (κ3) is 4.12. The highest BCUT2D eigenvalue weighted by Crippen LogP contribution is 2.25. The fraction of sp³-hybridized carbons (Fsp3) is 0.250. The Morgan fingerprint density at radius 1 is 1.23 bits per heavy atom. The van der Waals surface area contributed by atoms with Crippen molar-refractivity contribution in [3.8, 4) is 11.3 Å². The van der Waals surface area contributed by atoms with Gasteiger partial charge in [-0.15, -0.1) is 11.3 Å². The van der Waals surface area contributed by atoms with Crippen LogP contribution >= 0.6 is 38.9 Å². The van der Waals surface area contributed by atoms with Crippen LogP contribution in [0.1, 0.15) is 12.8 Å². The van der Waals surface area contributed by atoms with Gasteiger partial charge in [0, 0.05) is 21.5 Å². The summed E-state index contributed by atoms with van der Waals surface area (Å²) in [6, 6.07) is 16.0. The second-order valence-corrected chi connectivity index (χ2v) is 8.44. The summed E-state index contributed by atoms with van der Waals surface area (Å²) in [5.41, 5.74) is 3.21. The lowest BCUT2D eigenvalue weighted by Gasteiger charge is -2.14.